The highest BCUT2D eigenvalue weighted by atomic mass is 32.2. The number of hydrogen-bond acceptors (Lipinski definition) is 4. The summed E-state index contributed by atoms with van der Waals surface area (Å²) in [6, 6.07) is 4.13. The summed E-state index contributed by atoms with van der Waals surface area (Å²) in [4.78, 5) is 6.59. The van der Waals surface area contributed by atoms with E-state index in [9.17, 15) is 0 Å². The fourth-order valence-corrected chi connectivity index (χ4v) is 3.68. The average molecular weight is 251 g/mol. The van der Waals surface area contributed by atoms with Crippen LogP contribution < -0.4 is 5.73 Å². The van der Waals surface area contributed by atoms with Gasteiger partial charge in [-0.25, -0.2) is 0 Å². The molecule has 0 aromatic carbocycles. The van der Waals surface area contributed by atoms with Gasteiger partial charge in [-0.1, -0.05) is 6.07 Å². The maximum atomic E-state index is 6.03. The third kappa shape index (κ3) is 3.00. The zero-order valence-electron chi connectivity index (χ0n) is 10.4. The average Bonchev–Trinajstić information content (AvgIpc) is 2.40. The molecule has 0 atom stereocenters. The van der Waals surface area contributed by atoms with Crippen molar-refractivity contribution >= 4 is 11.8 Å². The van der Waals surface area contributed by atoms with E-state index in [0.717, 1.165) is 13.1 Å². The van der Waals surface area contributed by atoms with Crippen LogP contribution in [0.25, 0.3) is 0 Å². The third-order valence-corrected chi connectivity index (χ3v) is 4.74. The first-order valence-corrected chi connectivity index (χ1v) is 7.30. The molecule has 94 valence electrons. The zero-order chi connectivity index (χ0) is 12.1. The molecule has 0 aliphatic carbocycles. The van der Waals surface area contributed by atoms with Crippen LogP contribution in [0.5, 0.6) is 0 Å². The van der Waals surface area contributed by atoms with Crippen LogP contribution in [-0.2, 0) is 6.54 Å². The number of rotatable bonds is 4. The highest BCUT2D eigenvalue weighted by molar-refractivity contribution is 7.99. The number of nitrogens with zero attached hydrogens (tertiary/aromatic N) is 2. The van der Waals surface area contributed by atoms with Crippen LogP contribution >= 0.6 is 11.8 Å². The Bertz CT molecular complexity index is 336. The van der Waals surface area contributed by atoms with Crippen molar-refractivity contribution in [3.8, 4) is 0 Å². The van der Waals surface area contributed by atoms with E-state index in [2.05, 4.69) is 23.0 Å². The van der Waals surface area contributed by atoms with Crippen LogP contribution in [0.15, 0.2) is 24.5 Å². The molecule has 0 bridgehead atoms. The second-order valence-electron chi connectivity index (χ2n) is 4.76. The summed E-state index contributed by atoms with van der Waals surface area (Å²) in [5.41, 5.74) is 7.49. The Balaban J connectivity index is 2.04. The van der Waals surface area contributed by atoms with E-state index < -0.39 is 0 Å². The highest BCUT2D eigenvalue weighted by Crippen LogP contribution is 2.31. The van der Waals surface area contributed by atoms with Crippen molar-refractivity contribution in [1.82, 2.24) is 9.88 Å². The minimum absolute atomic E-state index is 0.196. The van der Waals surface area contributed by atoms with Crippen LogP contribution in [0, 0.1) is 0 Å². The van der Waals surface area contributed by atoms with Gasteiger partial charge in [0.25, 0.3) is 0 Å². The van der Waals surface area contributed by atoms with E-state index >= 15 is 0 Å². The van der Waals surface area contributed by atoms with Gasteiger partial charge in [0, 0.05) is 31.0 Å². The van der Waals surface area contributed by atoms with E-state index in [0.29, 0.717) is 0 Å². The molecule has 2 heterocycles. The van der Waals surface area contributed by atoms with Crippen molar-refractivity contribution < 1.29 is 0 Å². The van der Waals surface area contributed by atoms with Gasteiger partial charge in [0.1, 0.15) is 0 Å². The maximum Gasteiger partial charge on any atom is 0.0347 e. The molecule has 1 aromatic heterocycles. The third-order valence-electron chi connectivity index (χ3n) is 3.76. The van der Waals surface area contributed by atoms with E-state index in [1.165, 1.54) is 29.9 Å². The minimum atomic E-state index is 0.196. The van der Waals surface area contributed by atoms with Gasteiger partial charge in [-0.15, -0.1) is 0 Å². The highest BCUT2D eigenvalue weighted by Gasteiger charge is 2.34. The first-order chi connectivity index (χ1) is 8.27. The zero-order valence-corrected chi connectivity index (χ0v) is 11.2. The Morgan fingerprint density at radius 2 is 2.24 bits per heavy atom. The number of hydrogen-bond donors (Lipinski definition) is 1. The summed E-state index contributed by atoms with van der Waals surface area (Å²) in [6.45, 7) is 1.69. The van der Waals surface area contributed by atoms with Crippen LogP contribution in [0.2, 0.25) is 0 Å². The summed E-state index contributed by atoms with van der Waals surface area (Å²) >= 11 is 2.04. The smallest absolute Gasteiger partial charge is 0.0347 e. The molecule has 4 heteroatoms. The van der Waals surface area contributed by atoms with Gasteiger partial charge in [0.2, 0.25) is 0 Å². The normalized spacial score (nSPS) is 19.5. The van der Waals surface area contributed by atoms with E-state index in [-0.39, 0.29) is 5.54 Å². The molecule has 0 radical (unpaired) electrons. The topological polar surface area (TPSA) is 42.2 Å². The first kappa shape index (κ1) is 12.9. The number of nitrogens with two attached hydrogens (primary N) is 1. The Morgan fingerprint density at radius 3 is 2.82 bits per heavy atom. The van der Waals surface area contributed by atoms with E-state index in [4.69, 9.17) is 5.73 Å². The molecular weight excluding hydrogens is 230 g/mol. The van der Waals surface area contributed by atoms with Crippen LogP contribution in [0.3, 0.4) is 0 Å². The molecule has 0 amide bonds. The molecule has 1 aliphatic heterocycles. The Hall–Kier alpha value is -0.580. The molecule has 0 unspecified atom stereocenters. The Morgan fingerprint density at radius 1 is 1.47 bits per heavy atom. The monoisotopic (exact) mass is 251 g/mol. The summed E-state index contributed by atoms with van der Waals surface area (Å²) in [5.74, 6) is 2.46. The van der Waals surface area contributed by atoms with Gasteiger partial charge in [0.15, 0.2) is 0 Å². The largest absolute Gasteiger partial charge is 0.329 e. The Labute approximate surface area is 108 Å². The quantitative estimate of drug-likeness (QED) is 0.885. The summed E-state index contributed by atoms with van der Waals surface area (Å²) in [5, 5.41) is 0. The molecule has 1 aliphatic rings. The van der Waals surface area contributed by atoms with Gasteiger partial charge >= 0.3 is 0 Å². The van der Waals surface area contributed by atoms with E-state index in [1.54, 1.807) is 0 Å². The summed E-state index contributed by atoms with van der Waals surface area (Å²) < 4.78 is 0. The maximum absolute atomic E-state index is 6.03. The van der Waals surface area contributed by atoms with Crippen LogP contribution in [0.1, 0.15) is 18.4 Å². The lowest BCUT2D eigenvalue weighted by Gasteiger charge is -2.43. The lowest BCUT2D eigenvalue weighted by molar-refractivity contribution is 0.107. The van der Waals surface area contributed by atoms with Crippen molar-refractivity contribution in [2.75, 3.05) is 25.1 Å². The molecule has 17 heavy (non-hydrogen) atoms. The van der Waals surface area contributed by atoms with Crippen molar-refractivity contribution in [3.63, 3.8) is 0 Å². The minimum Gasteiger partial charge on any atom is -0.329 e. The number of aromatic nitrogens is 1. The fraction of sp³-hybridized carbons (Fsp3) is 0.615. The standard InChI is InChI=1S/C13H21N3S/c1-16(10-12-3-2-6-15-9-12)13(11-14)4-7-17-8-5-13/h2-3,6,9H,4-5,7-8,10-11,14H2,1H3. The molecule has 0 spiro atoms. The first-order valence-electron chi connectivity index (χ1n) is 6.15. The predicted octanol–water partition coefficient (Wildman–Crippen LogP) is 1.74. The van der Waals surface area contributed by atoms with Crippen molar-refractivity contribution in [2.24, 2.45) is 5.73 Å². The van der Waals surface area contributed by atoms with Crippen molar-refractivity contribution in [1.29, 1.82) is 0 Å². The van der Waals surface area contributed by atoms with Crippen molar-refractivity contribution in [2.45, 2.75) is 24.9 Å². The molecule has 1 fully saturated rings. The lowest BCUT2D eigenvalue weighted by atomic mass is 9.90. The predicted molar refractivity (Wildman–Crippen MR) is 74.0 cm³/mol. The van der Waals surface area contributed by atoms with Gasteiger partial charge in [-0.2, -0.15) is 11.8 Å². The lowest BCUT2D eigenvalue weighted by Crippen LogP contribution is -2.53. The molecule has 2 N–H and O–H groups in total. The summed E-state index contributed by atoms with van der Waals surface area (Å²) in [7, 11) is 2.19. The second-order valence-corrected chi connectivity index (χ2v) is 5.98. The van der Waals surface area contributed by atoms with Gasteiger partial charge < -0.3 is 5.73 Å². The molecule has 1 aromatic rings. The number of pyridine rings is 1. The second kappa shape index (κ2) is 5.85. The van der Waals surface area contributed by atoms with E-state index in [1.807, 2.05) is 30.2 Å². The number of thioether (sulfide) groups is 1. The van der Waals surface area contributed by atoms with Gasteiger partial charge in [-0.3, -0.25) is 9.88 Å². The van der Waals surface area contributed by atoms with Crippen LogP contribution in [-0.4, -0.2) is 40.5 Å². The van der Waals surface area contributed by atoms with Gasteiger partial charge in [0.05, 0.1) is 0 Å². The SMILES string of the molecule is CN(Cc1cccnc1)C1(CN)CCSCC1. The van der Waals surface area contributed by atoms with Crippen molar-refractivity contribution in [3.05, 3.63) is 30.1 Å². The summed E-state index contributed by atoms with van der Waals surface area (Å²) in [6.07, 6.45) is 6.16. The van der Waals surface area contributed by atoms with Crippen LogP contribution in [0.4, 0.5) is 0 Å². The molecule has 3 nitrogen and oxygen atoms in total. The molecule has 1 saturated heterocycles. The Kier molecular flexibility index (Phi) is 4.42. The fourth-order valence-electron chi connectivity index (χ4n) is 2.43. The molecular formula is C13H21N3S. The molecule has 0 saturated carbocycles. The van der Waals surface area contributed by atoms with Gasteiger partial charge in [-0.05, 0) is 43.0 Å². The molecule has 2 rings (SSSR count). The number of likely N-dealkylation sites (N-methyl/N-ethyl adjacent to an activating group) is 1.